The van der Waals surface area contributed by atoms with Gasteiger partial charge in [0.15, 0.2) is 0 Å². The van der Waals surface area contributed by atoms with E-state index in [0.29, 0.717) is 12.3 Å². The first-order chi connectivity index (χ1) is 9.63. The molecular formula is C15H10BrF2NO. The second-order valence-electron chi connectivity index (χ2n) is 4.35. The van der Waals surface area contributed by atoms with Crippen LogP contribution in [0.1, 0.15) is 5.76 Å². The lowest BCUT2D eigenvalue weighted by Gasteiger charge is -2.07. The molecule has 0 aliphatic heterocycles. The third-order valence-corrected chi connectivity index (χ3v) is 3.55. The maximum Gasteiger partial charge on any atom is 0.149 e. The summed E-state index contributed by atoms with van der Waals surface area (Å²) in [4.78, 5) is 0. The van der Waals surface area contributed by atoms with E-state index in [9.17, 15) is 8.78 Å². The number of furan rings is 1. The van der Waals surface area contributed by atoms with Gasteiger partial charge in [-0.3, -0.25) is 0 Å². The van der Waals surface area contributed by atoms with Crippen LogP contribution in [0.5, 0.6) is 0 Å². The van der Waals surface area contributed by atoms with Crippen LogP contribution in [0.3, 0.4) is 0 Å². The Kier molecular flexibility index (Phi) is 3.44. The molecule has 0 atom stereocenters. The van der Waals surface area contributed by atoms with Gasteiger partial charge >= 0.3 is 0 Å². The molecule has 1 heterocycles. The zero-order valence-corrected chi connectivity index (χ0v) is 11.9. The quantitative estimate of drug-likeness (QED) is 0.673. The number of para-hydroxylation sites is 1. The summed E-state index contributed by atoms with van der Waals surface area (Å²) in [5.41, 5.74) is 1.00. The number of rotatable bonds is 3. The lowest BCUT2D eigenvalue weighted by Crippen LogP contribution is -2.01. The molecule has 0 spiro atoms. The highest BCUT2D eigenvalue weighted by molar-refractivity contribution is 9.10. The minimum Gasteiger partial charge on any atom is -0.459 e. The van der Waals surface area contributed by atoms with Gasteiger partial charge in [-0.25, -0.2) is 8.78 Å². The van der Waals surface area contributed by atoms with Crippen LogP contribution < -0.4 is 5.32 Å². The summed E-state index contributed by atoms with van der Waals surface area (Å²) < 4.78 is 32.5. The molecule has 0 aliphatic rings. The molecule has 0 saturated heterocycles. The maximum atomic E-state index is 13.6. The number of benzene rings is 2. The van der Waals surface area contributed by atoms with Crippen molar-refractivity contribution in [3.8, 4) is 0 Å². The summed E-state index contributed by atoms with van der Waals surface area (Å²) in [5.74, 6) is -0.579. The van der Waals surface area contributed by atoms with E-state index in [-0.39, 0.29) is 10.2 Å². The summed E-state index contributed by atoms with van der Waals surface area (Å²) >= 11 is 3.03. The van der Waals surface area contributed by atoms with Gasteiger partial charge in [-0.2, -0.15) is 0 Å². The Bertz CT molecular complexity index is 737. The van der Waals surface area contributed by atoms with Crippen LogP contribution in [-0.4, -0.2) is 0 Å². The minimum absolute atomic E-state index is 0.214. The monoisotopic (exact) mass is 337 g/mol. The van der Waals surface area contributed by atoms with Gasteiger partial charge in [-0.15, -0.1) is 0 Å². The number of fused-ring (bicyclic) bond motifs is 1. The standard InChI is InChI=1S/C15H10BrF2NO/c16-11-6-14(13(18)7-12(11)17)19-8-10-5-9-3-1-2-4-15(9)20-10/h1-7,19H,8H2. The number of hydrogen-bond donors (Lipinski definition) is 1. The second-order valence-corrected chi connectivity index (χ2v) is 5.20. The number of halogens is 3. The smallest absolute Gasteiger partial charge is 0.149 e. The molecule has 0 amide bonds. The molecule has 2 aromatic carbocycles. The molecule has 2 nitrogen and oxygen atoms in total. The maximum absolute atomic E-state index is 13.6. The fourth-order valence-electron chi connectivity index (χ4n) is 1.96. The van der Waals surface area contributed by atoms with Gasteiger partial charge in [0.25, 0.3) is 0 Å². The predicted molar refractivity (Wildman–Crippen MR) is 77.6 cm³/mol. The van der Waals surface area contributed by atoms with Crippen molar-refractivity contribution in [2.45, 2.75) is 6.54 Å². The van der Waals surface area contributed by atoms with E-state index in [4.69, 9.17) is 4.42 Å². The zero-order valence-electron chi connectivity index (χ0n) is 10.3. The van der Waals surface area contributed by atoms with Crippen molar-refractivity contribution in [3.05, 3.63) is 64.3 Å². The third-order valence-electron chi connectivity index (χ3n) is 2.94. The molecule has 3 rings (SSSR count). The van der Waals surface area contributed by atoms with Gasteiger partial charge in [0, 0.05) is 11.5 Å². The summed E-state index contributed by atoms with van der Waals surface area (Å²) in [6.45, 7) is 0.323. The molecule has 1 N–H and O–H groups in total. The Morgan fingerprint density at radius 1 is 1.05 bits per heavy atom. The van der Waals surface area contributed by atoms with Crippen LogP contribution in [0.4, 0.5) is 14.5 Å². The first-order valence-corrected chi connectivity index (χ1v) is 6.78. The van der Waals surface area contributed by atoms with Crippen molar-refractivity contribution in [1.82, 2.24) is 0 Å². The average molecular weight is 338 g/mol. The summed E-state index contributed by atoms with van der Waals surface area (Å²) in [6, 6.07) is 11.7. The Balaban J connectivity index is 1.81. The van der Waals surface area contributed by atoms with E-state index in [1.165, 1.54) is 6.07 Å². The minimum atomic E-state index is -0.637. The zero-order chi connectivity index (χ0) is 14.1. The lowest BCUT2D eigenvalue weighted by molar-refractivity contribution is 0.556. The van der Waals surface area contributed by atoms with Crippen molar-refractivity contribution in [2.75, 3.05) is 5.32 Å². The van der Waals surface area contributed by atoms with Crippen molar-refractivity contribution in [2.24, 2.45) is 0 Å². The van der Waals surface area contributed by atoms with Gasteiger partial charge in [-0.05, 0) is 34.1 Å². The van der Waals surface area contributed by atoms with Crippen LogP contribution in [-0.2, 0) is 6.54 Å². The normalized spacial score (nSPS) is 10.9. The van der Waals surface area contributed by atoms with Crippen LogP contribution in [0, 0.1) is 11.6 Å². The fraction of sp³-hybridized carbons (Fsp3) is 0.0667. The van der Waals surface area contributed by atoms with Gasteiger partial charge in [0.1, 0.15) is 23.0 Å². The molecule has 5 heteroatoms. The fourth-order valence-corrected chi connectivity index (χ4v) is 2.31. The summed E-state index contributed by atoms with van der Waals surface area (Å²) in [6.07, 6.45) is 0. The van der Waals surface area contributed by atoms with E-state index >= 15 is 0 Å². The van der Waals surface area contributed by atoms with Crippen LogP contribution in [0.15, 0.2) is 51.4 Å². The highest BCUT2D eigenvalue weighted by atomic mass is 79.9. The molecule has 0 fully saturated rings. The van der Waals surface area contributed by atoms with Crippen LogP contribution in [0.2, 0.25) is 0 Å². The lowest BCUT2D eigenvalue weighted by atomic mass is 10.2. The molecule has 0 bridgehead atoms. The van der Waals surface area contributed by atoms with Crippen LogP contribution >= 0.6 is 15.9 Å². The molecule has 0 saturated carbocycles. The number of nitrogens with one attached hydrogen (secondary N) is 1. The van der Waals surface area contributed by atoms with Crippen molar-refractivity contribution >= 4 is 32.6 Å². The predicted octanol–water partition coefficient (Wildman–Crippen LogP) is 5.09. The van der Waals surface area contributed by atoms with E-state index in [0.717, 1.165) is 17.0 Å². The molecule has 102 valence electrons. The van der Waals surface area contributed by atoms with Crippen LogP contribution in [0.25, 0.3) is 11.0 Å². The average Bonchev–Trinajstić information content (AvgIpc) is 2.84. The SMILES string of the molecule is Fc1cc(F)c(NCc2cc3ccccc3o2)cc1Br. The Morgan fingerprint density at radius 2 is 1.85 bits per heavy atom. The van der Waals surface area contributed by atoms with E-state index < -0.39 is 11.6 Å². The number of anilines is 1. The Labute approximate surface area is 122 Å². The van der Waals surface area contributed by atoms with Gasteiger partial charge < -0.3 is 9.73 Å². The Hall–Kier alpha value is -1.88. The molecule has 3 aromatic rings. The molecule has 0 radical (unpaired) electrons. The molecule has 0 aliphatic carbocycles. The third kappa shape index (κ3) is 2.54. The highest BCUT2D eigenvalue weighted by Crippen LogP contribution is 2.25. The van der Waals surface area contributed by atoms with Gasteiger partial charge in [0.2, 0.25) is 0 Å². The second kappa shape index (κ2) is 5.25. The highest BCUT2D eigenvalue weighted by Gasteiger charge is 2.09. The largest absolute Gasteiger partial charge is 0.459 e. The summed E-state index contributed by atoms with van der Waals surface area (Å²) in [5, 5.41) is 3.88. The number of hydrogen-bond acceptors (Lipinski definition) is 2. The van der Waals surface area contributed by atoms with Crippen molar-refractivity contribution < 1.29 is 13.2 Å². The van der Waals surface area contributed by atoms with Gasteiger partial charge in [0.05, 0.1) is 16.7 Å². The van der Waals surface area contributed by atoms with E-state index in [2.05, 4.69) is 21.2 Å². The van der Waals surface area contributed by atoms with E-state index in [1.54, 1.807) is 0 Å². The van der Waals surface area contributed by atoms with Gasteiger partial charge in [-0.1, -0.05) is 18.2 Å². The molecule has 20 heavy (non-hydrogen) atoms. The first kappa shape index (κ1) is 13.1. The molecular weight excluding hydrogens is 328 g/mol. The molecule has 1 aromatic heterocycles. The van der Waals surface area contributed by atoms with E-state index in [1.807, 2.05) is 30.3 Å². The Morgan fingerprint density at radius 3 is 2.65 bits per heavy atom. The topological polar surface area (TPSA) is 25.2 Å². The van der Waals surface area contributed by atoms with Crippen molar-refractivity contribution in [1.29, 1.82) is 0 Å². The first-order valence-electron chi connectivity index (χ1n) is 5.99. The molecule has 0 unspecified atom stereocenters. The van der Waals surface area contributed by atoms with Crippen molar-refractivity contribution in [3.63, 3.8) is 0 Å². The summed E-state index contributed by atoms with van der Waals surface area (Å²) in [7, 11) is 0.